The predicted molar refractivity (Wildman–Crippen MR) is 122 cm³/mol. The third-order valence-electron chi connectivity index (χ3n) is 6.84. The van der Waals surface area contributed by atoms with Crippen LogP contribution >= 0.6 is 0 Å². The molecule has 2 aliphatic heterocycles. The van der Waals surface area contributed by atoms with E-state index in [9.17, 15) is 4.79 Å². The fraction of sp³-hybridized carbons (Fsp3) is 0.560. The van der Waals surface area contributed by atoms with Gasteiger partial charge in [0.2, 0.25) is 5.91 Å². The van der Waals surface area contributed by atoms with Gasteiger partial charge in [0.05, 0.1) is 12.2 Å². The lowest BCUT2D eigenvalue weighted by Crippen LogP contribution is -2.49. The quantitative estimate of drug-likeness (QED) is 0.710. The van der Waals surface area contributed by atoms with Gasteiger partial charge in [-0.25, -0.2) is 9.97 Å². The molecule has 3 heterocycles. The van der Waals surface area contributed by atoms with Gasteiger partial charge in [-0.1, -0.05) is 30.3 Å². The van der Waals surface area contributed by atoms with Crippen molar-refractivity contribution in [3.63, 3.8) is 0 Å². The van der Waals surface area contributed by atoms with Gasteiger partial charge in [-0.15, -0.1) is 0 Å². The topological polar surface area (TPSA) is 61.4 Å². The Labute approximate surface area is 186 Å². The van der Waals surface area contributed by atoms with Gasteiger partial charge in [-0.3, -0.25) is 4.79 Å². The van der Waals surface area contributed by atoms with Crippen LogP contribution in [0.3, 0.4) is 0 Å². The highest BCUT2D eigenvalue weighted by Gasteiger charge is 2.30. The van der Waals surface area contributed by atoms with Gasteiger partial charge in [0.25, 0.3) is 0 Å². The first kappa shape index (κ1) is 21.9. The van der Waals surface area contributed by atoms with Crippen molar-refractivity contribution in [2.24, 2.45) is 5.92 Å². The van der Waals surface area contributed by atoms with Crippen molar-refractivity contribution in [3.8, 4) is 0 Å². The summed E-state index contributed by atoms with van der Waals surface area (Å²) in [5.41, 5.74) is 2.30. The fourth-order valence-corrected chi connectivity index (χ4v) is 4.93. The Balaban J connectivity index is 1.11. The summed E-state index contributed by atoms with van der Waals surface area (Å²) in [5, 5.41) is 3.05. The van der Waals surface area contributed by atoms with E-state index in [0.717, 1.165) is 31.6 Å². The molecule has 1 aromatic carbocycles. The SMILES string of the molecule is O=C(NCc1ccncn1)C1CCN(C2CCN(CCCc3ccccc3)CC2)CC1. The number of aryl methyl sites for hydroxylation is 1. The van der Waals surface area contributed by atoms with Crippen LogP contribution in [0.1, 0.15) is 43.4 Å². The first-order valence-electron chi connectivity index (χ1n) is 11.8. The Bertz CT molecular complexity index is 784. The molecule has 31 heavy (non-hydrogen) atoms. The highest BCUT2D eigenvalue weighted by molar-refractivity contribution is 5.78. The van der Waals surface area contributed by atoms with Crippen LogP contribution in [0.25, 0.3) is 0 Å². The largest absolute Gasteiger partial charge is 0.350 e. The van der Waals surface area contributed by atoms with Crippen LogP contribution in [-0.4, -0.2) is 64.4 Å². The van der Waals surface area contributed by atoms with Crippen molar-refractivity contribution in [3.05, 3.63) is 60.2 Å². The molecule has 1 aromatic heterocycles. The summed E-state index contributed by atoms with van der Waals surface area (Å²) in [6.45, 7) is 6.20. The van der Waals surface area contributed by atoms with E-state index in [1.165, 1.54) is 57.2 Å². The number of carbonyl (C=O) groups is 1. The summed E-state index contributed by atoms with van der Waals surface area (Å²) in [5.74, 6) is 0.308. The first-order chi connectivity index (χ1) is 15.3. The number of hydrogen-bond acceptors (Lipinski definition) is 5. The summed E-state index contributed by atoms with van der Waals surface area (Å²) in [6, 6.07) is 13.3. The fourth-order valence-electron chi connectivity index (χ4n) is 4.93. The minimum Gasteiger partial charge on any atom is -0.350 e. The van der Waals surface area contributed by atoms with Gasteiger partial charge < -0.3 is 15.1 Å². The number of nitrogens with zero attached hydrogens (tertiary/aromatic N) is 4. The van der Waals surface area contributed by atoms with Crippen LogP contribution in [0.15, 0.2) is 48.9 Å². The normalized spacial score (nSPS) is 19.4. The number of amides is 1. The lowest BCUT2D eigenvalue weighted by Gasteiger charge is -2.41. The van der Waals surface area contributed by atoms with E-state index in [2.05, 4.69) is 55.4 Å². The van der Waals surface area contributed by atoms with Gasteiger partial charge in [0, 0.05) is 18.2 Å². The summed E-state index contributed by atoms with van der Waals surface area (Å²) >= 11 is 0. The summed E-state index contributed by atoms with van der Waals surface area (Å²) in [7, 11) is 0. The van der Waals surface area contributed by atoms with Crippen LogP contribution in [0.2, 0.25) is 0 Å². The molecule has 2 aromatic rings. The van der Waals surface area contributed by atoms with Crippen molar-refractivity contribution in [1.29, 1.82) is 0 Å². The molecule has 0 aliphatic carbocycles. The Hall–Kier alpha value is -2.31. The molecule has 2 aliphatic rings. The monoisotopic (exact) mass is 421 g/mol. The van der Waals surface area contributed by atoms with E-state index < -0.39 is 0 Å². The molecule has 0 unspecified atom stereocenters. The van der Waals surface area contributed by atoms with Crippen molar-refractivity contribution in [1.82, 2.24) is 25.1 Å². The molecule has 1 N–H and O–H groups in total. The number of likely N-dealkylation sites (tertiary alicyclic amines) is 2. The molecule has 0 saturated carbocycles. The van der Waals surface area contributed by atoms with Crippen LogP contribution in [-0.2, 0) is 17.8 Å². The van der Waals surface area contributed by atoms with Crippen LogP contribution < -0.4 is 5.32 Å². The van der Waals surface area contributed by atoms with E-state index in [-0.39, 0.29) is 11.8 Å². The minimum atomic E-state index is 0.135. The molecular weight excluding hydrogens is 386 g/mol. The van der Waals surface area contributed by atoms with Gasteiger partial charge >= 0.3 is 0 Å². The van der Waals surface area contributed by atoms with Gasteiger partial charge in [0.1, 0.15) is 6.33 Å². The van der Waals surface area contributed by atoms with Gasteiger partial charge in [-0.05, 0) is 82.9 Å². The number of hydrogen-bond donors (Lipinski definition) is 1. The zero-order valence-corrected chi connectivity index (χ0v) is 18.5. The van der Waals surface area contributed by atoms with Gasteiger partial charge in [-0.2, -0.15) is 0 Å². The van der Waals surface area contributed by atoms with Crippen LogP contribution in [0, 0.1) is 5.92 Å². The van der Waals surface area contributed by atoms with Crippen LogP contribution in [0.5, 0.6) is 0 Å². The molecule has 2 fully saturated rings. The number of nitrogens with one attached hydrogen (secondary N) is 1. The van der Waals surface area contributed by atoms with Crippen molar-refractivity contribution in [2.75, 3.05) is 32.7 Å². The smallest absolute Gasteiger partial charge is 0.223 e. The van der Waals surface area contributed by atoms with E-state index in [4.69, 9.17) is 0 Å². The van der Waals surface area contributed by atoms with E-state index in [1.807, 2.05) is 6.07 Å². The molecule has 0 radical (unpaired) electrons. The highest BCUT2D eigenvalue weighted by Crippen LogP contribution is 2.24. The lowest BCUT2D eigenvalue weighted by atomic mass is 9.92. The standard InChI is InChI=1S/C25H35N5O/c31-25(27-19-23-8-13-26-20-28-23)22-9-17-30(18-10-22)24-11-15-29(16-12-24)14-4-7-21-5-2-1-3-6-21/h1-3,5-6,8,13,20,22,24H,4,7,9-12,14-19H2,(H,27,31). The zero-order chi connectivity index (χ0) is 21.3. The second-order valence-electron chi connectivity index (χ2n) is 8.89. The molecule has 1 amide bonds. The van der Waals surface area contributed by atoms with E-state index in [0.29, 0.717) is 12.6 Å². The van der Waals surface area contributed by atoms with Crippen molar-refractivity contribution >= 4 is 5.91 Å². The molecule has 6 nitrogen and oxygen atoms in total. The molecule has 6 heteroatoms. The molecule has 0 atom stereocenters. The maximum atomic E-state index is 12.5. The molecule has 0 bridgehead atoms. The van der Waals surface area contributed by atoms with E-state index in [1.54, 1.807) is 6.20 Å². The number of aromatic nitrogens is 2. The number of piperidine rings is 2. The molecule has 166 valence electrons. The summed E-state index contributed by atoms with van der Waals surface area (Å²) < 4.78 is 0. The molecule has 4 rings (SSSR count). The van der Waals surface area contributed by atoms with Crippen molar-refractivity contribution in [2.45, 2.75) is 51.1 Å². The number of carbonyl (C=O) groups excluding carboxylic acids is 1. The second-order valence-corrected chi connectivity index (χ2v) is 8.89. The van der Waals surface area contributed by atoms with E-state index >= 15 is 0 Å². The second kappa shape index (κ2) is 11.3. The first-order valence-corrected chi connectivity index (χ1v) is 11.8. The Morgan fingerprint density at radius 3 is 2.48 bits per heavy atom. The lowest BCUT2D eigenvalue weighted by molar-refractivity contribution is -0.126. The number of rotatable bonds is 8. The number of benzene rings is 1. The Morgan fingerprint density at radius 1 is 1.00 bits per heavy atom. The maximum absolute atomic E-state index is 12.5. The van der Waals surface area contributed by atoms with Crippen molar-refractivity contribution < 1.29 is 4.79 Å². The average Bonchev–Trinajstić information content (AvgIpc) is 2.84. The summed E-state index contributed by atoms with van der Waals surface area (Å²) in [6.07, 6.45) is 10.1. The third kappa shape index (κ3) is 6.58. The van der Waals surface area contributed by atoms with Crippen LogP contribution in [0.4, 0.5) is 0 Å². The third-order valence-corrected chi connectivity index (χ3v) is 6.84. The predicted octanol–water partition coefficient (Wildman–Crippen LogP) is 2.90. The Morgan fingerprint density at radius 2 is 1.77 bits per heavy atom. The molecule has 0 spiro atoms. The Kier molecular flexibility index (Phi) is 8.02. The average molecular weight is 422 g/mol. The molecule has 2 saturated heterocycles. The maximum Gasteiger partial charge on any atom is 0.223 e. The minimum absolute atomic E-state index is 0.135. The highest BCUT2D eigenvalue weighted by atomic mass is 16.1. The molecular formula is C25H35N5O. The summed E-state index contributed by atoms with van der Waals surface area (Å²) in [4.78, 5) is 25.9. The zero-order valence-electron chi connectivity index (χ0n) is 18.5. The van der Waals surface area contributed by atoms with Gasteiger partial charge in [0.15, 0.2) is 0 Å².